The van der Waals surface area contributed by atoms with E-state index in [9.17, 15) is 22.8 Å². The molecule has 20 heavy (non-hydrogen) atoms. The molecule has 7 heteroatoms. The number of halogens is 3. The van der Waals surface area contributed by atoms with Gasteiger partial charge in [-0.1, -0.05) is 20.3 Å². The van der Waals surface area contributed by atoms with Crippen LogP contribution in [0.15, 0.2) is 0 Å². The molecule has 0 aromatic rings. The molecule has 0 aliphatic carbocycles. The van der Waals surface area contributed by atoms with E-state index in [1.807, 2.05) is 6.92 Å². The Morgan fingerprint density at radius 1 is 1.35 bits per heavy atom. The Bertz CT molecular complexity index is 394. The number of carbonyl (C=O) groups excluding carboxylic acids is 2. The predicted octanol–water partition coefficient (Wildman–Crippen LogP) is 2.09. The van der Waals surface area contributed by atoms with Gasteiger partial charge in [-0.2, -0.15) is 13.2 Å². The lowest BCUT2D eigenvalue weighted by Gasteiger charge is -2.45. The molecule has 4 nitrogen and oxygen atoms in total. The van der Waals surface area contributed by atoms with Crippen molar-refractivity contribution in [2.75, 3.05) is 6.54 Å². The summed E-state index contributed by atoms with van der Waals surface area (Å²) in [6.07, 6.45) is -4.80. The molecule has 1 fully saturated rings. The fourth-order valence-electron chi connectivity index (χ4n) is 2.20. The first-order chi connectivity index (χ1) is 9.00. The Hall–Kier alpha value is -1.27. The van der Waals surface area contributed by atoms with Gasteiger partial charge in [0, 0.05) is 6.54 Å². The van der Waals surface area contributed by atoms with Gasteiger partial charge in [0.05, 0.1) is 6.42 Å². The topological polar surface area (TPSA) is 49.4 Å². The molecular formula is C13H21F3N2O2. The van der Waals surface area contributed by atoms with Crippen molar-refractivity contribution in [3.05, 3.63) is 0 Å². The molecule has 1 aliphatic rings. The Kier molecular flexibility index (Phi) is 4.71. The molecule has 0 radical (unpaired) electrons. The second-order valence-corrected chi connectivity index (χ2v) is 5.75. The van der Waals surface area contributed by atoms with Gasteiger partial charge < -0.3 is 10.2 Å². The number of nitrogens with zero attached hydrogens (tertiary/aromatic N) is 1. The first-order valence-electron chi connectivity index (χ1n) is 6.70. The van der Waals surface area contributed by atoms with Crippen molar-refractivity contribution < 1.29 is 22.8 Å². The molecular weight excluding hydrogens is 273 g/mol. The standard InChI is InChI=1S/C13H21F3N2O2/c1-5-8(2)9-10(19)18(7-6-13(14,15)16)12(3,4)11(20)17-9/h8-9H,5-7H2,1-4H3,(H,17,20). The zero-order valence-corrected chi connectivity index (χ0v) is 12.2. The number of nitrogens with one attached hydrogen (secondary N) is 1. The van der Waals surface area contributed by atoms with Crippen LogP contribution < -0.4 is 5.32 Å². The number of hydrogen-bond acceptors (Lipinski definition) is 2. The van der Waals surface area contributed by atoms with Crippen molar-refractivity contribution >= 4 is 11.8 Å². The Labute approximate surface area is 116 Å². The number of piperazine rings is 1. The molecule has 0 saturated carbocycles. The molecule has 1 rings (SSSR count). The SMILES string of the molecule is CCC(C)C1NC(=O)C(C)(C)N(CCC(F)(F)F)C1=O. The minimum absolute atomic E-state index is 0.115. The summed E-state index contributed by atoms with van der Waals surface area (Å²) in [4.78, 5) is 25.4. The molecule has 2 unspecified atom stereocenters. The number of carbonyl (C=O) groups is 2. The molecule has 0 aromatic heterocycles. The summed E-state index contributed by atoms with van der Waals surface area (Å²) in [5, 5.41) is 2.62. The summed E-state index contributed by atoms with van der Waals surface area (Å²) in [5.41, 5.74) is -1.26. The van der Waals surface area contributed by atoms with E-state index >= 15 is 0 Å². The Balaban J connectivity index is 2.96. The van der Waals surface area contributed by atoms with Gasteiger partial charge in [-0.05, 0) is 19.8 Å². The van der Waals surface area contributed by atoms with Crippen molar-refractivity contribution in [3.8, 4) is 0 Å². The highest BCUT2D eigenvalue weighted by molar-refractivity contribution is 5.99. The van der Waals surface area contributed by atoms with E-state index in [1.165, 1.54) is 13.8 Å². The average molecular weight is 294 g/mol. The fourth-order valence-corrected chi connectivity index (χ4v) is 2.20. The van der Waals surface area contributed by atoms with Gasteiger partial charge in [-0.3, -0.25) is 9.59 Å². The van der Waals surface area contributed by atoms with Crippen LogP contribution in [0.25, 0.3) is 0 Å². The molecule has 2 atom stereocenters. The number of amides is 2. The first-order valence-corrected chi connectivity index (χ1v) is 6.70. The Morgan fingerprint density at radius 3 is 2.35 bits per heavy atom. The molecule has 1 saturated heterocycles. The third-order valence-electron chi connectivity index (χ3n) is 3.88. The highest BCUT2D eigenvalue weighted by atomic mass is 19.4. The summed E-state index contributed by atoms with van der Waals surface area (Å²) in [6.45, 7) is 6.09. The van der Waals surface area contributed by atoms with Gasteiger partial charge >= 0.3 is 6.18 Å². The van der Waals surface area contributed by atoms with Crippen LogP contribution in [-0.2, 0) is 9.59 Å². The van der Waals surface area contributed by atoms with Gasteiger partial charge in [0.2, 0.25) is 11.8 Å². The third-order valence-corrected chi connectivity index (χ3v) is 3.88. The number of rotatable bonds is 4. The third kappa shape index (κ3) is 3.43. The Morgan fingerprint density at radius 2 is 1.90 bits per heavy atom. The molecule has 1 N–H and O–H groups in total. The summed E-state index contributed by atoms with van der Waals surface area (Å²) in [7, 11) is 0. The number of hydrogen-bond donors (Lipinski definition) is 1. The summed E-state index contributed by atoms with van der Waals surface area (Å²) in [5.74, 6) is -0.964. The molecule has 1 aliphatic heterocycles. The lowest BCUT2D eigenvalue weighted by atomic mass is 9.89. The lowest BCUT2D eigenvalue weighted by molar-refractivity contribution is -0.164. The van der Waals surface area contributed by atoms with Crippen LogP contribution in [0.2, 0.25) is 0 Å². The minimum Gasteiger partial charge on any atom is -0.342 e. The van der Waals surface area contributed by atoms with Crippen LogP contribution in [0.4, 0.5) is 13.2 Å². The van der Waals surface area contributed by atoms with E-state index in [4.69, 9.17) is 0 Å². The van der Waals surface area contributed by atoms with Gasteiger partial charge in [0.15, 0.2) is 0 Å². The van der Waals surface area contributed by atoms with Crippen molar-refractivity contribution in [1.29, 1.82) is 0 Å². The molecule has 116 valence electrons. The second-order valence-electron chi connectivity index (χ2n) is 5.75. The van der Waals surface area contributed by atoms with Crippen LogP contribution in [0.3, 0.4) is 0 Å². The molecule has 2 amide bonds. The minimum atomic E-state index is -4.35. The van der Waals surface area contributed by atoms with Gasteiger partial charge in [-0.15, -0.1) is 0 Å². The maximum atomic E-state index is 12.4. The fraction of sp³-hybridized carbons (Fsp3) is 0.846. The van der Waals surface area contributed by atoms with E-state index in [0.717, 1.165) is 4.90 Å². The molecule has 1 heterocycles. The van der Waals surface area contributed by atoms with E-state index in [2.05, 4.69) is 5.32 Å². The monoisotopic (exact) mass is 294 g/mol. The highest BCUT2D eigenvalue weighted by Crippen LogP contribution is 2.28. The normalized spacial score (nSPS) is 24.6. The van der Waals surface area contributed by atoms with Gasteiger partial charge in [-0.25, -0.2) is 0 Å². The maximum Gasteiger partial charge on any atom is 0.390 e. The van der Waals surface area contributed by atoms with Crippen LogP contribution >= 0.6 is 0 Å². The average Bonchev–Trinajstić information content (AvgIpc) is 2.31. The first kappa shape index (κ1) is 16.8. The van der Waals surface area contributed by atoms with E-state index < -0.39 is 42.5 Å². The van der Waals surface area contributed by atoms with E-state index in [-0.39, 0.29) is 5.92 Å². The van der Waals surface area contributed by atoms with Crippen LogP contribution in [0.1, 0.15) is 40.5 Å². The highest BCUT2D eigenvalue weighted by Gasteiger charge is 2.48. The molecule has 0 bridgehead atoms. The smallest absolute Gasteiger partial charge is 0.342 e. The summed E-state index contributed by atoms with van der Waals surface area (Å²) in [6, 6.07) is -0.742. The largest absolute Gasteiger partial charge is 0.390 e. The zero-order chi connectivity index (χ0) is 15.7. The predicted molar refractivity (Wildman–Crippen MR) is 67.8 cm³/mol. The van der Waals surface area contributed by atoms with Crippen LogP contribution in [0, 0.1) is 5.92 Å². The molecule has 0 aromatic carbocycles. The van der Waals surface area contributed by atoms with Crippen LogP contribution in [0.5, 0.6) is 0 Å². The summed E-state index contributed by atoms with van der Waals surface area (Å²) >= 11 is 0. The number of alkyl halides is 3. The lowest BCUT2D eigenvalue weighted by Crippen LogP contribution is -2.69. The second kappa shape index (κ2) is 5.61. The van der Waals surface area contributed by atoms with E-state index in [1.54, 1.807) is 6.92 Å². The van der Waals surface area contributed by atoms with Crippen molar-refractivity contribution in [1.82, 2.24) is 10.2 Å². The van der Waals surface area contributed by atoms with Gasteiger partial charge in [0.25, 0.3) is 0 Å². The van der Waals surface area contributed by atoms with E-state index in [0.29, 0.717) is 6.42 Å². The van der Waals surface area contributed by atoms with Crippen molar-refractivity contribution in [2.24, 2.45) is 5.92 Å². The van der Waals surface area contributed by atoms with Crippen molar-refractivity contribution in [2.45, 2.75) is 58.3 Å². The van der Waals surface area contributed by atoms with Crippen LogP contribution in [-0.4, -0.2) is 41.0 Å². The molecule has 0 spiro atoms. The summed E-state index contributed by atoms with van der Waals surface area (Å²) < 4.78 is 37.1. The van der Waals surface area contributed by atoms with Crippen molar-refractivity contribution in [3.63, 3.8) is 0 Å². The quantitative estimate of drug-likeness (QED) is 0.863. The zero-order valence-electron chi connectivity index (χ0n) is 12.2. The van der Waals surface area contributed by atoms with Gasteiger partial charge in [0.1, 0.15) is 11.6 Å². The maximum absolute atomic E-state index is 12.4.